The first-order valence-corrected chi connectivity index (χ1v) is 11.1. The summed E-state index contributed by atoms with van der Waals surface area (Å²) in [5.74, 6) is -0.0632. The number of urea groups is 1. The van der Waals surface area contributed by atoms with E-state index in [1.165, 1.54) is 19.2 Å². The summed E-state index contributed by atoms with van der Waals surface area (Å²) in [7, 11) is 1.45. The van der Waals surface area contributed by atoms with Gasteiger partial charge in [0.25, 0.3) is 11.6 Å². The van der Waals surface area contributed by atoms with Gasteiger partial charge in [0.1, 0.15) is 11.4 Å². The lowest BCUT2D eigenvalue weighted by molar-refractivity contribution is -0.384. The normalized spacial score (nSPS) is 14.6. The number of halogens is 1. The van der Waals surface area contributed by atoms with E-state index in [2.05, 4.69) is 21.2 Å². The molecule has 34 heavy (non-hydrogen) atoms. The van der Waals surface area contributed by atoms with Gasteiger partial charge in [0.15, 0.2) is 0 Å². The van der Waals surface area contributed by atoms with Crippen LogP contribution in [0.5, 0.6) is 5.75 Å². The average molecular weight is 525 g/mol. The van der Waals surface area contributed by atoms with Crippen LogP contribution in [0, 0.1) is 24.0 Å². The molecule has 9 nitrogen and oxygen atoms in total. The zero-order chi connectivity index (χ0) is 24.6. The number of aryl methyl sites for hydroxylation is 1. The van der Waals surface area contributed by atoms with E-state index in [4.69, 9.17) is 4.74 Å². The molecule has 0 atom stereocenters. The number of nitrogens with one attached hydrogen (secondary N) is 1. The van der Waals surface area contributed by atoms with E-state index in [1.807, 2.05) is 48.7 Å². The molecule has 1 aliphatic heterocycles. The number of carbonyl (C=O) groups excluding carboxylic acids is 2. The summed E-state index contributed by atoms with van der Waals surface area (Å²) in [4.78, 5) is 37.2. The van der Waals surface area contributed by atoms with Crippen LogP contribution in [0.4, 0.5) is 10.5 Å². The third-order valence-electron chi connectivity index (χ3n) is 5.60. The van der Waals surface area contributed by atoms with Gasteiger partial charge in [-0.25, -0.2) is 4.79 Å². The average Bonchev–Trinajstić information content (AvgIpc) is 3.23. The number of hydrogen-bond acceptors (Lipinski definition) is 5. The van der Waals surface area contributed by atoms with Crippen LogP contribution in [0.3, 0.4) is 0 Å². The summed E-state index contributed by atoms with van der Waals surface area (Å²) in [6, 6.07) is 13.2. The zero-order valence-electron chi connectivity index (χ0n) is 18.7. The molecule has 174 valence electrons. The maximum atomic E-state index is 12.9. The van der Waals surface area contributed by atoms with Gasteiger partial charge in [-0.15, -0.1) is 0 Å². The van der Waals surface area contributed by atoms with Gasteiger partial charge in [-0.05, 0) is 55.3 Å². The third-order valence-corrected chi connectivity index (χ3v) is 6.13. The van der Waals surface area contributed by atoms with Crippen LogP contribution in [0.2, 0.25) is 0 Å². The molecule has 0 bridgehead atoms. The molecular formula is C24H21BrN4O5. The lowest BCUT2D eigenvalue weighted by Gasteiger charge is -2.14. The summed E-state index contributed by atoms with van der Waals surface area (Å²) in [5.41, 5.74) is 3.91. The Bertz CT molecular complexity index is 1340. The second-order valence-corrected chi connectivity index (χ2v) is 8.70. The van der Waals surface area contributed by atoms with Gasteiger partial charge in [-0.3, -0.25) is 19.8 Å². The molecular weight excluding hydrogens is 504 g/mol. The van der Waals surface area contributed by atoms with Crippen molar-refractivity contribution in [3.63, 3.8) is 0 Å². The molecule has 0 aliphatic carbocycles. The van der Waals surface area contributed by atoms with Gasteiger partial charge < -0.3 is 14.6 Å². The van der Waals surface area contributed by atoms with Crippen molar-refractivity contribution in [2.45, 2.75) is 20.4 Å². The number of carbonyl (C=O) groups is 2. The molecule has 1 fully saturated rings. The number of nitro benzene ring substituents is 1. The summed E-state index contributed by atoms with van der Waals surface area (Å²) in [6.07, 6.45) is 1.64. The van der Waals surface area contributed by atoms with Crippen molar-refractivity contribution in [1.29, 1.82) is 0 Å². The Morgan fingerprint density at radius 3 is 2.47 bits per heavy atom. The highest BCUT2D eigenvalue weighted by Gasteiger charge is 2.33. The van der Waals surface area contributed by atoms with E-state index in [1.54, 1.807) is 12.1 Å². The first-order chi connectivity index (χ1) is 16.2. The lowest BCUT2D eigenvalue weighted by atomic mass is 10.2. The van der Waals surface area contributed by atoms with Crippen LogP contribution in [0.15, 0.2) is 58.7 Å². The van der Waals surface area contributed by atoms with Crippen LogP contribution in [0.1, 0.15) is 22.5 Å². The molecule has 10 heteroatoms. The Kier molecular flexibility index (Phi) is 6.25. The van der Waals surface area contributed by atoms with E-state index < -0.39 is 16.9 Å². The van der Waals surface area contributed by atoms with Crippen LogP contribution in [-0.4, -0.2) is 33.4 Å². The lowest BCUT2D eigenvalue weighted by Crippen LogP contribution is -2.30. The molecule has 3 aromatic rings. The highest BCUT2D eigenvalue weighted by molar-refractivity contribution is 9.10. The molecule has 1 saturated heterocycles. The standard InChI is InChI=1S/C24H21BrN4O5/c1-14-10-17(15(2)28(14)21-9-8-19(29(32)33)12-22(21)34-3)11-20-23(30)27(24(31)26-20)13-16-4-6-18(25)7-5-16/h4-12H,13H2,1-3H3,(H,26,31)/b20-11+. The molecule has 1 aliphatic rings. The third kappa shape index (κ3) is 4.32. The molecule has 0 radical (unpaired) electrons. The fourth-order valence-corrected chi connectivity index (χ4v) is 4.18. The first-order valence-electron chi connectivity index (χ1n) is 10.3. The molecule has 0 spiro atoms. The largest absolute Gasteiger partial charge is 0.494 e. The van der Waals surface area contributed by atoms with E-state index >= 15 is 0 Å². The molecule has 0 saturated carbocycles. The number of ether oxygens (including phenoxy) is 1. The fourth-order valence-electron chi connectivity index (χ4n) is 3.91. The summed E-state index contributed by atoms with van der Waals surface area (Å²) < 4.78 is 8.19. The summed E-state index contributed by atoms with van der Waals surface area (Å²) in [6.45, 7) is 3.90. The molecule has 4 rings (SSSR count). The first kappa shape index (κ1) is 23.2. The summed E-state index contributed by atoms with van der Waals surface area (Å²) in [5, 5.41) is 13.8. The molecule has 2 heterocycles. The minimum atomic E-state index is -0.481. The second-order valence-electron chi connectivity index (χ2n) is 7.78. The second kappa shape index (κ2) is 9.14. The number of non-ortho nitro benzene ring substituents is 1. The van der Waals surface area contributed by atoms with Crippen LogP contribution < -0.4 is 10.1 Å². The number of amides is 3. The van der Waals surface area contributed by atoms with E-state index in [9.17, 15) is 19.7 Å². The van der Waals surface area contributed by atoms with Gasteiger partial charge in [-0.2, -0.15) is 0 Å². The Labute approximate surface area is 203 Å². The van der Waals surface area contributed by atoms with Crippen molar-refractivity contribution < 1.29 is 19.2 Å². The van der Waals surface area contributed by atoms with Gasteiger partial charge >= 0.3 is 6.03 Å². The highest BCUT2D eigenvalue weighted by Crippen LogP contribution is 2.32. The van der Waals surface area contributed by atoms with Crippen LogP contribution in [-0.2, 0) is 11.3 Å². The Balaban J connectivity index is 1.65. The minimum absolute atomic E-state index is 0.0736. The van der Waals surface area contributed by atoms with Crippen molar-refractivity contribution in [3.05, 3.63) is 91.3 Å². The van der Waals surface area contributed by atoms with Crippen molar-refractivity contribution in [2.24, 2.45) is 0 Å². The maximum absolute atomic E-state index is 12.9. The molecule has 3 amide bonds. The van der Waals surface area contributed by atoms with Crippen molar-refractivity contribution in [1.82, 2.24) is 14.8 Å². The van der Waals surface area contributed by atoms with Crippen molar-refractivity contribution in [2.75, 3.05) is 7.11 Å². The van der Waals surface area contributed by atoms with Crippen LogP contribution >= 0.6 is 15.9 Å². The fraction of sp³-hybridized carbons (Fsp3) is 0.167. The number of methoxy groups -OCH3 is 1. The summed E-state index contributed by atoms with van der Waals surface area (Å²) >= 11 is 3.37. The maximum Gasteiger partial charge on any atom is 0.329 e. The molecule has 1 N–H and O–H groups in total. The number of hydrogen-bond donors (Lipinski definition) is 1. The van der Waals surface area contributed by atoms with Gasteiger partial charge in [0.05, 0.1) is 30.3 Å². The predicted octanol–water partition coefficient (Wildman–Crippen LogP) is 4.87. The van der Waals surface area contributed by atoms with E-state index in [0.29, 0.717) is 11.4 Å². The zero-order valence-corrected chi connectivity index (χ0v) is 20.3. The number of nitro groups is 1. The highest BCUT2D eigenvalue weighted by atomic mass is 79.9. The number of nitrogens with zero attached hydrogens (tertiary/aromatic N) is 3. The van der Waals surface area contributed by atoms with Crippen molar-refractivity contribution >= 4 is 39.6 Å². The predicted molar refractivity (Wildman–Crippen MR) is 130 cm³/mol. The number of benzene rings is 2. The molecule has 1 aromatic heterocycles. The van der Waals surface area contributed by atoms with E-state index in [0.717, 1.165) is 31.9 Å². The van der Waals surface area contributed by atoms with Crippen LogP contribution in [0.25, 0.3) is 11.8 Å². The topological polar surface area (TPSA) is 107 Å². The van der Waals surface area contributed by atoms with Gasteiger partial charge in [0.2, 0.25) is 0 Å². The number of aromatic nitrogens is 1. The molecule has 2 aromatic carbocycles. The quantitative estimate of drug-likeness (QED) is 0.214. The Hall–Kier alpha value is -3.92. The van der Waals surface area contributed by atoms with E-state index in [-0.39, 0.29) is 17.9 Å². The number of imide groups is 1. The van der Waals surface area contributed by atoms with Crippen molar-refractivity contribution in [3.8, 4) is 11.4 Å². The Morgan fingerprint density at radius 1 is 1.12 bits per heavy atom. The van der Waals surface area contributed by atoms with Gasteiger partial charge in [-0.1, -0.05) is 28.1 Å². The number of rotatable bonds is 6. The SMILES string of the molecule is COc1cc([N+](=O)[O-])ccc1-n1c(C)cc(/C=C2/NC(=O)N(Cc3ccc(Br)cc3)C2=O)c1C. The van der Waals surface area contributed by atoms with Gasteiger partial charge in [0, 0.05) is 21.9 Å². The monoisotopic (exact) mass is 524 g/mol. The smallest absolute Gasteiger partial charge is 0.329 e. The molecule has 0 unspecified atom stereocenters. The minimum Gasteiger partial charge on any atom is -0.494 e. The Morgan fingerprint density at radius 2 is 1.82 bits per heavy atom.